The van der Waals surface area contributed by atoms with E-state index in [1.165, 1.54) is 37.0 Å². The smallest absolute Gasteiger partial charge is 0.257 e. The number of hydrogen-bond acceptors (Lipinski definition) is 5. The Morgan fingerprint density at radius 2 is 1.73 bits per heavy atom. The van der Waals surface area contributed by atoms with E-state index in [-0.39, 0.29) is 18.2 Å². The molecule has 0 saturated heterocycles. The fourth-order valence-electron chi connectivity index (χ4n) is 3.42. The van der Waals surface area contributed by atoms with Crippen LogP contribution in [0.4, 0.5) is 10.8 Å². The standard InChI is InChI=1S/C23H23N3O2S2/c27-21(25-19-12-6-7-13-20(19)30-18-10-4-5-11-18)14-17-15-29-23(24-17)26-22(28)16-8-2-1-3-9-16/h1-3,6-9,12-13,15,18H,4-5,10-11,14H2,(H,25,27)(H,24,26,28). The van der Waals surface area contributed by atoms with E-state index in [0.29, 0.717) is 21.6 Å². The van der Waals surface area contributed by atoms with Crippen molar-refractivity contribution in [2.45, 2.75) is 42.2 Å². The molecule has 1 aliphatic carbocycles. The zero-order chi connectivity index (χ0) is 20.8. The fraction of sp³-hybridized carbons (Fsp3) is 0.261. The Balaban J connectivity index is 1.34. The highest BCUT2D eigenvalue weighted by molar-refractivity contribution is 8.00. The van der Waals surface area contributed by atoms with Crippen molar-refractivity contribution >= 4 is 45.7 Å². The van der Waals surface area contributed by atoms with Gasteiger partial charge in [-0.2, -0.15) is 0 Å². The number of thioether (sulfide) groups is 1. The van der Waals surface area contributed by atoms with E-state index in [9.17, 15) is 9.59 Å². The van der Waals surface area contributed by atoms with Crippen LogP contribution in [0.5, 0.6) is 0 Å². The third kappa shape index (κ3) is 5.49. The molecule has 2 amide bonds. The van der Waals surface area contributed by atoms with Crippen molar-refractivity contribution in [3.05, 3.63) is 71.2 Å². The van der Waals surface area contributed by atoms with Gasteiger partial charge in [0.05, 0.1) is 17.8 Å². The first-order chi connectivity index (χ1) is 14.7. The summed E-state index contributed by atoms with van der Waals surface area (Å²) in [5.74, 6) is -0.320. The van der Waals surface area contributed by atoms with Gasteiger partial charge in [0.15, 0.2) is 5.13 Å². The SMILES string of the molecule is O=C(Cc1csc(NC(=O)c2ccccc2)n1)Nc1ccccc1SC1CCCC1. The van der Waals surface area contributed by atoms with E-state index >= 15 is 0 Å². The molecule has 0 bridgehead atoms. The number of aromatic nitrogens is 1. The zero-order valence-electron chi connectivity index (χ0n) is 16.5. The molecule has 1 fully saturated rings. The number of benzene rings is 2. The van der Waals surface area contributed by atoms with Gasteiger partial charge in [0.2, 0.25) is 5.91 Å². The predicted molar refractivity (Wildman–Crippen MR) is 123 cm³/mol. The van der Waals surface area contributed by atoms with Gasteiger partial charge in [-0.05, 0) is 37.1 Å². The molecule has 1 aromatic heterocycles. The molecule has 5 nitrogen and oxygen atoms in total. The van der Waals surface area contributed by atoms with Crippen LogP contribution in [0.3, 0.4) is 0 Å². The van der Waals surface area contributed by atoms with Crippen molar-refractivity contribution in [1.82, 2.24) is 4.98 Å². The summed E-state index contributed by atoms with van der Waals surface area (Å²) in [6.45, 7) is 0. The van der Waals surface area contributed by atoms with Crippen LogP contribution in [-0.4, -0.2) is 22.0 Å². The van der Waals surface area contributed by atoms with E-state index in [2.05, 4.69) is 21.7 Å². The highest BCUT2D eigenvalue weighted by Crippen LogP contribution is 2.38. The van der Waals surface area contributed by atoms with Crippen LogP contribution < -0.4 is 10.6 Å². The van der Waals surface area contributed by atoms with Crippen molar-refractivity contribution in [1.29, 1.82) is 0 Å². The van der Waals surface area contributed by atoms with Crippen molar-refractivity contribution in [2.75, 3.05) is 10.6 Å². The Hall–Kier alpha value is -2.64. The van der Waals surface area contributed by atoms with Gasteiger partial charge in [-0.1, -0.05) is 43.2 Å². The van der Waals surface area contributed by atoms with Crippen LogP contribution in [-0.2, 0) is 11.2 Å². The fourth-order valence-corrected chi connectivity index (χ4v) is 5.46. The van der Waals surface area contributed by atoms with Crippen molar-refractivity contribution in [3.8, 4) is 0 Å². The maximum absolute atomic E-state index is 12.6. The van der Waals surface area contributed by atoms with E-state index in [0.717, 1.165) is 10.6 Å². The molecule has 0 radical (unpaired) electrons. The molecule has 0 spiro atoms. The lowest BCUT2D eigenvalue weighted by atomic mass is 10.2. The molecule has 1 heterocycles. The van der Waals surface area contributed by atoms with Gasteiger partial charge in [0.25, 0.3) is 5.91 Å². The van der Waals surface area contributed by atoms with Crippen LogP contribution >= 0.6 is 23.1 Å². The third-order valence-corrected chi connectivity index (χ3v) is 7.13. The minimum absolute atomic E-state index is 0.110. The average molecular weight is 438 g/mol. The van der Waals surface area contributed by atoms with Gasteiger partial charge < -0.3 is 5.32 Å². The number of amides is 2. The first-order valence-corrected chi connectivity index (χ1v) is 11.8. The van der Waals surface area contributed by atoms with Crippen LogP contribution in [0.25, 0.3) is 0 Å². The zero-order valence-corrected chi connectivity index (χ0v) is 18.1. The molecule has 3 aromatic rings. The number of carbonyl (C=O) groups excluding carboxylic acids is 2. The summed E-state index contributed by atoms with van der Waals surface area (Å²) < 4.78 is 0. The minimum atomic E-state index is -0.209. The van der Waals surface area contributed by atoms with Crippen molar-refractivity contribution in [2.24, 2.45) is 0 Å². The quantitative estimate of drug-likeness (QED) is 0.504. The molecule has 0 aliphatic heterocycles. The van der Waals surface area contributed by atoms with Crippen molar-refractivity contribution in [3.63, 3.8) is 0 Å². The number of para-hydroxylation sites is 1. The summed E-state index contributed by atoms with van der Waals surface area (Å²) in [4.78, 5) is 30.3. The molecule has 2 N–H and O–H groups in total. The molecule has 30 heavy (non-hydrogen) atoms. The van der Waals surface area contributed by atoms with E-state index in [1.807, 2.05) is 48.2 Å². The molecule has 1 saturated carbocycles. The Morgan fingerprint density at radius 1 is 1.00 bits per heavy atom. The number of rotatable bonds is 7. The monoisotopic (exact) mass is 437 g/mol. The Labute approximate surface area is 184 Å². The molecular weight excluding hydrogens is 414 g/mol. The van der Waals surface area contributed by atoms with Crippen LogP contribution in [0, 0.1) is 0 Å². The largest absolute Gasteiger partial charge is 0.325 e. The van der Waals surface area contributed by atoms with Gasteiger partial charge in [0, 0.05) is 21.1 Å². The first-order valence-electron chi connectivity index (χ1n) is 10.0. The lowest BCUT2D eigenvalue weighted by molar-refractivity contribution is -0.115. The highest BCUT2D eigenvalue weighted by Gasteiger charge is 2.18. The second-order valence-electron chi connectivity index (χ2n) is 7.21. The summed E-state index contributed by atoms with van der Waals surface area (Å²) in [5, 5.41) is 8.74. The summed E-state index contributed by atoms with van der Waals surface area (Å²) in [7, 11) is 0. The first kappa shape index (κ1) is 20.6. The summed E-state index contributed by atoms with van der Waals surface area (Å²) in [6.07, 6.45) is 5.23. The van der Waals surface area contributed by atoms with Gasteiger partial charge in [-0.3, -0.25) is 14.9 Å². The number of hydrogen-bond donors (Lipinski definition) is 2. The number of nitrogens with one attached hydrogen (secondary N) is 2. The van der Waals surface area contributed by atoms with Crippen molar-refractivity contribution < 1.29 is 9.59 Å². The topological polar surface area (TPSA) is 71.1 Å². The van der Waals surface area contributed by atoms with E-state index < -0.39 is 0 Å². The molecular formula is C23H23N3O2S2. The van der Waals surface area contributed by atoms with Crippen LogP contribution in [0.2, 0.25) is 0 Å². The Morgan fingerprint density at radius 3 is 2.53 bits per heavy atom. The lowest BCUT2D eigenvalue weighted by Crippen LogP contribution is -2.16. The maximum atomic E-state index is 12.6. The predicted octanol–water partition coefficient (Wildman–Crippen LogP) is 5.61. The molecule has 1 aliphatic rings. The summed E-state index contributed by atoms with van der Waals surface area (Å²) in [5.41, 5.74) is 2.07. The van der Waals surface area contributed by atoms with Crippen LogP contribution in [0.1, 0.15) is 41.7 Å². The third-order valence-electron chi connectivity index (χ3n) is 4.91. The van der Waals surface area contributed by atoms with Gasteiger partial charge >= 0.3 is 0 Å². The average Bonchev–Trinajstić information content (AvgIpc) is 3.42. The van der Waals surface area contributed by atoms with E-state index in [1.54, 1.807) is 17.5 Å². The molecule has 0 atom stereocenters. The second kappa shape index (κ2) is 9.91. The Kier molecular flexibility index (Phi) is 6.81. The number of carbonyl (C=O) groups is 2. The lowest BCUT2D eigenvalue weighted by Gasteiger charge is -2.13. The minimum Gasteiger partial charge on any atom is -0.325 e. The molecule has 4 rings (SSSR count). The van der Waals surface area contributed by atoms with Gasteiger partial charge in [-0.15, -0.1) is 23.1 Å². The van der Waals surface area contributed by atoms with E-state index in [4.69, 9.17) is 0 Å². The number of anilines is 2. The normalized spacial score (nSPS) is 13.9. The molecule has 7 heteroatoms. The summed E-state index contributed by atoms with van der Waals surface area (Å²) in [6, 6.07) is 17.0. The Bertz CT molecular complexity index is 1010. The summed E-state index contributed by atoms with van der Waals surface area (Å²) >= 11 is 3.18. The maximum Gasteiger partial charge on any atom is 0.257 e. The molecule has 2 aromatic carbocycles. The molecule has 154 valence electrons. The van der Waals surface area contributed by atoms with Crippen LogP contribution in [0.15, 0.2) is 64.9 Å². The number of nitrogens with zero attached hydrogens (tertiary/aromatic N) is 1. The molecule has 0 unspecified atom stereocenters. The van der Waals surface area contributed by atoms with Gasteiger partial charge in [0.1, 0.15) is 0 Å². The highest BCUT2D eigenvalue weighted by atomic mass is 32.2. The number of thiazole rings is 1. The second-order valence-corrected chi connectivity index (χ2v) is 9.41. The van der Waals surface area contributed by atoms with Gasteiger partial charge in [-0.25, -0.2) is 4.98 Å².